The monoisotopic (exact) mass is 361 g/mol. The SMILES string of the molecule is CC(=O)Nc1c(-c2ccccc2)n(-c2ccccc2)n(C2CCCC2)c1=O. The van der Waals surface area contributed by atoms with E-state index in [4.69, 9.17) is 0 Å². The van der Waals surface area contributed by atoms with E-state index < -0.39 is 0 Å². The van der Waals surface area contributed by atoms with Crippen LogP contribution in [0.25, 0.3) is 16.9 Å². The van der Waals surface area contributed by atoms with Crippen molar-refractivity contribution in [3.8, 4) is 16.9 Å². The van der Waals surface area contributed by atoms with Gasteiger partial charge in [0.15, 0.2) is 0 Å². The molecule has 0 bridgehead atoms. The first-order valence-corrected chi connectivity index (χ1v) is 9.43. The second-order valence-electron chi connectivity index (χ2n) is 7.01. The van der Waals surface area contributed by atoms with Gasteiger partial charge in [-0.15, -0.1) is 0 Å². The Hall–Kier alpha value is -3.08. The third kappa shape index (κ3) is 3.21. The van der Waals surface area contributed by atoms with Crippen LogP contribution in [0.15, 0.2) is 65.5 Å². The van der Waals surface area contributed by atoms with Gasteiger partial charge < -0.3 is 5.32 Å². The van der Waals surface area contributed by atoms with Crippen molar-refractivity contribution in [1.29, 1.82) is 0 Å². The maximum absolute atomic E-state index is 13.4. The fourth-order valence-corrected chi connectivity index (χ4v) is 3.97. The van der Waals surface area contributed by atoms with Gasteiger partial charge in [-0.2, -0.15) is 0 Å². The molecule has 0 aliphatic heterocycles. The summed E-state index contributed by atoms with van der Waals surface area (Å²) in [6.07, 6.45) is 4.19. The molecular formula is C22H23N3O2. The van der Waals surface area contributed by atoms with Gasteiger partial charge in [0.25, 0.3) is 5.56 Å². The summed E-state index contributed by atoms with van der Waals surface area (Å²) in [5, 5.41) is 2.80. The Labute approximate surface area is 158 Å². The highest BCUT2D eigenvalue weighted by Gasteiger charge is 2.28. The second kappa shape index (κ2) is 7.27. The number of hydrogen-bond donors (Lipinski definition) is 1. The predicted octanol–water partition coefficient (Wildman–Crippen LogP) is 4.38. The quantitative estimate of drug-likeness (QED) is 0.750. The lowest BCUT2D eigenvalue weighted by molar-refractivity contribution is -0.114. The van der Waals surface area contributed by atoms with Crippen molar-refractivity contribution in [2.24, 2.45) is 0 Å². The summed E-state index contributed by atoms with van der Waals surface area (Å²) in [6.45, 7) is 1.44. The van der Waals surface area contributed by atoms with Crippen molar-refractivity contribution < 1.29 is 4.79 Å². The third-order valence-electron chi connectivity index (χ3n) is 5.11. The first kappa shape index (κ1) is 17.3. The number of benzene rings is 2. The minimum absolute atomic E-state index is 0.139. The summed E-state index contributed by atoms with van der Waals surface area (Å²) in [6, 6.07) is 19.8. The van der Waals surface area contributed by atoms with Crippen molar-refractivity contribution in [1.82, 2.24) is 9.36 Å². The van der Waals surface area contributed by atoms with E-state index in [-0.39, 0.29) is 17.5 Å². The Kier molecular flexibility index (Phi) is 4.67. The number of nitrogens with zero attached hydrogens (tertiary/aromatic N) is 2. The third-order valence-corrected chi connectivity index (χ3v) is 5.11. The van der Waals surface area contributed by atoms with Gasteiger partial charge in [0, 0.05) is 12.5 Å². The van der Waals surface area contributed by atoms with Gasteiger partial charge in [0.05, 0.1) is 17.4 Å². The van der Waals surface area contributed by atoms with Crippen molar-refractivity contribution in [2.75, 3.05) is 5.32 Å². The molecule has 0 saturated heterocycles. The zero-order chi connectivity index (χ0) is 18.8. The van der Waals surface area contributed by atoms with Crippen molar-refractivity contribution in [3.05, 3.63) is 71.0 Å². The van der Waals surface area contributed by atoms with Crippen molar-refractivity contribution in [2.45, 2.75) is 38.6 Å². The van der Waals surface area contributed by atoms with Gasteiger partial charge in [0.2, 0.25) is 5.91 Å². The van der Waals surface area contributed by atoms with E-state index in [0.717, 1.165) is 42.6 Å². The number of carbonyl (C=O) groups excluding carboxylic acids is 1. The zero-order valence-corrected chi connectivity index (χ0v) is 15.4. The molecule has 1 N–H and O–H groups in total. The summed E-state index contributed by atoms with van der Waals surface area (Å²) in [7, 11) is 0. The lowest BCUT2D eigenvalue weighted by Crippen LogP contribution is -2.27. The van der Waals surface area contributed by atoms with Crippen molar-refractivity contribution >= 4 is 11.6 Å². The number of para-hydroxylation sites is 1. The molecule has 4 rings (SSSR count). The lowest BCUT2D eigenvalue weighted by atomic mass is 10.1. The van der Waals surface area contributed by atoms with Crippen LogP contribution in [0, 0.1) is 0 Å². The molecule has 0 spiro atoms. The van der Waals surface area contributed by atoms with E-state index in [1.54, 1.807) is 0 Å². The highest BCUT2D eigenvalue weighted by Crippen LogP contribution is 2.35. The number of hydrogen-bond acceptors (Lipinski definition) is 2. The Balaban J connectivity index is 2.06. The number of nitrogens with one attached hydrogen (secondary N) is 1. The molecule has 5 heteroatoms. The summed E-state index contributed by atoms with van der Waals surface area (Å²) >= 11 is 0. The first-order chi connectivity index (χ1) is 13.2. The Bertz CT molecular complexity index is 997. The number of carbonyl (C=O) groups is 1. The van der Waals surface area contributed by atoms with Gasteiger partial charge in [-0.25, -0.2) is 9.36 Å². The molecule has 2 aromatic carbocycles. The Morgan fingerprint density at radius 2 is 1.56 bits per heavy atom. The van der Waals surface area contributed by atoms with Crippen LogP contribution in [-0.4, -0.2) is 15.3 Å². The smallest absolute Gasteiger partial charge is 0.291 e. The molecule has 27 heavy (non-hydrogen) atoms. The lowest BCUT2D eigenvalue weighted by Gasteiger charge is -2.19. The number of amides is 1. The van der Waals surface area contributed by atoms with Crippen LogP contribution in [0.3, 0.4) is 0 Å². The van der Waals surface area contributed by atoms with E-state index in [9.17, 15) is 9.59 Å². The molecule has 138 valence electrons. The number of anilines is 1. The van der Waals surface area contributed by atoms with E-state index in [1.165, 1.54) is 6.92 Å². The molecule has 5 nitrogen and oxygen atoms in total. The summed E-state index contributed by atoms with van der Waals surface area (Å²) in [5.74, 6) is -0.243. The molecule has 1 saturated carbocycles. The maximum atomic E-state index is 13.4. The molecule has 0 unspecified atom stereocenters. The van der Waals surface area contributed by atoms with Crippen LogP contribution in [0.1, 0.15) is 38.6 Å². The summed E-state index contributed by atoms with van der Waals surface area (Å²) in [5.41, 5.74) is 2.76. The van der Waals surface area contributed by atoms with Crippen molar-refractivity contribution in [3.63, 3.8) is 0 Å². The fraction of sp³-hybridized carbons (Fsp3) is 0.273. The Morgan fingerprint density at radius 1 is 0.963 bits per heavy atom. The first-order valence-electron chi connectivity index (χ1n) is 9.43. The minimum Gasteiger partial charge on any atom is -0.320 e. The molecule has 1 heterocycles. The van der Waals surface area contributed by atoms with Gasteiger partial charge >= 0.3 is 0 Å². The largest absolute Gasteiger partial charge is 0.320 e. The molecule has 0 atom stereocenters. The highest BCUT2D eigenvalue weighted by molar-refractivity contribution is 5.93. The topological polar surface area (TPSA) is 56.0 Å². The normalized spacial score (nSPS) is 14.4. The minimum atomic E-state index is -0.243. The molecule has 1 aromatic heterocycles. The molecule has 3 aromatic rings. The van der Waals surface area contributed by atoms with E-state index in [0.29, 0.717) is 5.69 Å². The summed E-state index contributed by atoms with van der Waals surface area (Å²) < 4.78 is 3.83. The van der Waals surface area contributed by atoms with Crippen LogP contribution >= 0.6 is 0 Å². The Morgan fingerprint density at radius 3 is 2.15 bits per heavy atom. The van der Waals surface area contributed by atoms with Crippen LogP contribution in [0.5, 0.6) is 0 Å². The summed E-state index contributed by atoms with van der Waals surface area (Å²) in [4.78, 5) is 25.3. The molecule has 1 amide bonds. The highest BCUT2D eigenvalue weighted by atomic mass is 16.2. The molecule has 0 radical (unpaired) electrons. The van der Waals surface area contributed by atoms with Gasteiger partial charge in [0.1, 0.15) is 5.69 Å². The van der Waals surface area contributed by atoms with Crippen LogP contribution in [-0.2, 0) is 4.79 Å². The molecule has 1 aliphatic carbocycles. The number of rotatable bonds is 4. The maximum Gasteiger partial charge on any atom is 0.291 e. The van der Waals surface area contributed by atoms with Crippen LogP contribution in [0.2, 0.25) is 0 Å². The molecule has 1 fully saturated rings. The second-order valence-corrected chi connectivity index (χ2v) is 7.01. The predicted molar refractivity (Wildman–Crippen MR) is 107 cm³/mol. The molecular weight excluding hydrogens is 338 g/mol. The standard InChI is InChI=1S/C22H23N3O2/c1-16(26)23-20-21(17-10-4-2-5-11-17)24(18-12-6-3-7-13-18)25(22(20)27)19-14-8-9-15-19/h2-7,10-13,19H,8-9,14-15H2,1H3,(H,23,26). The fourth-order valence-electron chi connectivity index (χ4n) is 3.97. The van der Waals surface area contributed by atoms with Crippen LogP contribution in [0.4, 0.5) is 5.69 Å². The van der Waals surface area contributed by atoms with Gasteiger partial charge in [-0.05, 0) is 25.0 Å². The van der Waals surface area contributed by atoms with Crippen LogP contribution < -0.4 is 10.9 Å². The van der Waals surface area contributed by atoms with Gasteiger partial charge in [-0.3, -0.25) is 9.59 Å². The van der Waals surface area contributed by atoms with E-state index >= 15 is 0 Å². The average molecular weight is 361 g/mol. The van der Waals surface area contributed by atoms with E-state index in [1.807, 2.05) is 70.0 Å². The molecule has 1 aliphatic rings. The number of aromatic nitrogens is 2. The zero-order valence-electron chi connectivity index (χ0n) is 15.4. The van der Waals surface area contributed by atoms with Gasteiger partial charge in [-0.1, -0.05) is 61.4 Å². The van der Waals surface area contributed by atoms with E-state index in [2.05, 4.69) is 5.32 Å². The average Bonchev–Trinajstić information content (AvgIpc) is 3.30.